The lowest BCUT2D eigenvalue weighted by molar-refractivity contribution is 0.283. The van der Waals surface area contributed by atoms with Crippen molar-refractivity contribution < 1.29 is 4.74 Å². The van der Waals surface area contributed by atoms with Crippen molar-refractivity contribution in [3.63, 3.8) is 0 Å². The minimum Gasteiger partial charge on any atom is -0.492 e. The lowest BCUT2D eigenvalue weighted by atomic mass is 10.1. The van der Waals surface area contributed by atoms with Crippen molar-refractivity contribution in [3.8, 4) is 5.75 Å². The summed E-state index contributed by atoms with van der Waals surface area (Å²) in [5.74, 6) is 1.57. The number of nitrogens with zero attached hydrogens (tertiary/aromatic N) is 1. The highest BCUT2D eigenvalue weighted by atomic mass is 16.5. The van der Waals surface area contributed by atoms with E-state index in [9.17, 15) is 0 Å². The van der Waals surface area contributed by atoms with Gasteiger partial charge in [-0.1, -0.05) is 13.8 Å². The van der Waals surface area contributed by atoms with Crippen molar-refractivity contribution in [1.29, 1.82) is 0 Å². The minimum absolute atomic E-state index is 0.0840. The van der Waals surface area contributed by atoms with Gasteiger partial charge in [-0.2, -0.15) is 0 Å². The lowest BCUT2D eigenvalue weighted by Gasteiger charge is -2.21. The second-order valence-corrected chi connectivity index (χ2v) is 6.53. The Bertz CT molecular complexity index is 394. The number of hydrogen-bond donors (Lipinski definition) is 1. The lowest BCUT2D eigenvalue weighted by Crippen LogP contribution is -2.35. The molecule has 0 aliphatic heterocycles. The van der Waals surface area contributed by atoms with Crippen LogP contribution in [0.5, 0.6) is 5.75 Å². The van der Waals surface area contributed by atoms with Gasteiger partial charge in [0.25, 0.3) is 0 Å². The van der Waals surface area contributed by atoms with Crippen molar-refractivity contribution >= 4 is 0 Å². The number of ether oxygens (including phenoxy) is 1. The van der Waals surface area contributed by atoms with Crippen LogP contribution in [-0.4, -0.2) is 17.1 Å². The van der Waals surface area contributed by atoms with Gasteiger partial charge in [0.05, 0.1) is 12.3 Å². The smallest absolute Gasteiger partial charge is 0.142 e. The van der Waals surface area contributed by atoms with Crippen LogP contribution in [0, 0.1) is 12.8 Å². The molecule has 0 saturated carbocycles. The largest absolute Gasteiger partial charge is 0.492 e. The van der Waals surface area contributed by atoms with Gasteiger partial charge < -0.3 is 10.1 Å². The summed E-state index contributed by atoms with van der Waals surface area (Å²) in [5.41, 5.74) is 2.11. The first-order valence-corrected chi connectivity index (χ1v) is 7.12. The standard InChI is InChI=1S/C16H28N2O/c1-12(2)9-10-19-15-8-7-13(3)18-14(15)11-17-16(4,5)6/h7-8,12,17H,9-11H2,1-6H3. The summed E-state index contributed by atoms with van der Waals surface area (Å²) in [5, 5.41) is 3.46. The van der Waals surface area contributed by atoms with E-state index in [4.69, 9.17) is 4.74 Å². The van der Waals surface area contributed by atoms with Crippen LogP contribution in [0.15, 0.2) is 12.1 Å². The molecule has 0 aromatic carbocycles. The topological polar surface area (TPSA) is 34.1 Å². The Labute approximate surface area is 117 Å². The third kappa shape index (κ3) is 6.58. The molecule has 3 nitrogen and oxygen atoms in total. The van der Waals surface area contributed by atoms with Gasteiger partial charge in [-0.3, -0.25) is 4.98 Å². The molecule has 3 heteroatoms. The van der Waals surface area contributed by atoms with E-state index in [0.717, 1.165) is 36.7 Å². The fraction of sp³-hybridized carbons (Fsp3) is 0.688. The van der Waals surface area contributed by atoms with Gasteiger partial charge in [0.1, 0.15) is 5.75 Å². The van der Waals surface area contributed by atoms with Crippen LogP contribution in [0.2, 0.25) is 0 Å². The third-order valence-corrected chi connectivity index (χ3v) is 2.81. The summed E-state index contributed by atoms with van der Waals surface area (Å²) in [4.78, 5) is 4.59. The summed E-state index contributed by atoms with van der Waals surface area (Å²) >= 11 is 0. The maximum Gasteiger partial charge on any atom is 0.142 e. The van der Waals surface area contributed by atoms with Crippen molar-refractivity contribution in [2.24, 2.45) is 5.92 Å². The zero-order valence-electron chi connectivity index (χ0n) is 13.2. The molecule has 0 aliphatic carbocycles. The molecule has 0 radical (unpaired) electrons. The van der Waals surface area contributed by atoms with E-state index in [-0.39, 0.29) is 5.54 Å². The highest BCUT2D eigenvalue weighted by molar-refractivity contribution is 5.29. The summed E-state index contributed by atoms with van der Waals surface area (Å²) in [6.45, 7) is 14.4. The highest BCUT2D eigenvalue weighted by Crippen LogP contribution is 2.18. The molecule has 0 atom stereocenters. The maximum atomic E-state index is 5.87. The van der Waals surface area contributed by atoms with Gasteiger partial charge in [-0.25, -0.2) is 0 Å². The Hall–Kier alpha value is -1.09. The van der Waals surface area contributed by atoms with Crippen molar-refractivity contribution in [2.45, 2.75) is 60.0 Å². The number of hydrogen-bond acceptors (Lipinski definition) is 3. The minimum atomic E-state index is 0.0840. The second-order valence-electron chi connectivity index (χ2n) is 6.53. The van der Waals surface area contributed by atoms with Gasteiger partial charge in [0.15, 0.2) is 0 Å². The average Bonchev–Trinajstić information content (AvgIpc) is 2.27. The van der Waals surface area contributed by atoms with Gasteiger partial charge in [-0.05, 0) is 52.2 Å². The zero-order valence-corrected chi connectivity index (χ0v) is 13.2. The van der Waals surface area contributed by atoms with Gasteiger partial charge in [-0.15, -0.1) is 0 Å². The molecule has 0 spiro atoms. The molecule has 1 N–H and O–H groups in total. The first-order chi connectivity index (χ1) is 8.78. The summed E-state index contributed by atoms with van der Waals surface area (Å²) < 4.78 is 5.87. The molecule has 0 saturated heterocycles. The van der Waals surface area contributed by atoms with Crippen LogP contribution >= 0.6 is 0 Å². The maximum absolute atomic E-state index is 5.87. The van der Waals surface area contributed by atoms with E-state index in [1.165, 1.54) is 0 Å². The van der Waals surface area contributed by atoms with E-state index in [1.807, 2.05) is 19.1 Å². The average molecular weight is 264 g/mol. The van der Waals surface area contributed by atoms with E-state index < -0.39 is 0 Å². The molecule has 19 heavy (non-hydrogen) atoms. The van der Waals surface area contributed by atoms with Crippen molar-refractivity contribution in [3.05, 3.63) is 23.5 Å². The summed E-state index contributed by atoms with van der Waals surface area (Å²) in [6, 6.07) is 4.04. The molecule has 0 aliphatic rings. The molecule has 0 bridgehead atoms. The van der Waals surface area contributed by atoms with Gasteiger partial charge in [0.2, 0.25) is 0 Å². The first kappa shape index (κ1) is 16.0. The monoisotopic (exact) mass is 264 g/mol. The van der Waals surface area contributed by atoms with E-state index in [1.54, 1.807) is 0 Å². The normalized spacial score (nSPS) is 11.9. The molecular formula is C16H28N2O. The molecule has 1 rings (SSSR count). The quantitative estimate of drug-likeness (QED) is 0.850. The second kappa shape index (κ2) is 6.90. The predicted octanol–water partition coefficient (Wildman–Crippen LogP) is 3.70. The Balaban J connectivity index is 2.68. The summed E-state index contributed by atoms with van der Waals surface area (Å²) in [7, 11) is 0. The van der Waals surface area contributed by atoms with Crippen LogP contribution in [0.3, 0.4) is 0 Å². The van der Waals surface area contributed by atoms with Crippen LogP contribution in [0.25, 0.3) is 0 Å². The first-order valence-electron chi connectivity index (χ1n) is 7.12. The SMILES string of the molecule is Cc1ccc(OCCC(C)C)c(CNC(C)(C)C)n1. The Morgan fingerprint density at radius 3 is 2.53 bits per heavy atom. The van der Waals surface area contributed by atoms with E-state index in [2.05, 4.69) is 44.9 Å². The number of rotatable bonds is 6. The molecule has 108 valence electrons. The van der Waals surface area contributed by atoms with Crippen LogP contribution in [0.4, 0.5) is 0 Å². The molecule has 0 fully saturated rings. The molecule has 0 unspecified atom stereocenters. The van der Waals surface area contributed by atoms with E-state index >= 15 is 0 Å². The number of aromatic nitrogens is 1. The fourth-order valence-electron chi connectivity index (χ4n) is 1.61. The van der Waals surface area contributed by atoms with Crippen molar-refractivity contribution in [1.82, 2.24) is 10.3 Å². The molecular weight excluding hydrogens is 236 g/mol. The number of aryl methyl sites for hydroxylation is 1. The molecule has 1 heterocycles. The number of pyridine rings is 1. The van der Waals surface area contributed by atoms with Crippen LogP contribution in [-0.2, 0) is 6.54 Å². The molecule has 1 aromatic heterocycles. The zero-order chi connectivity index (χ0) is 14.5. The van der Waals surface area contributed by atoms with E-state index in [0.29, 0.717) is 5.92 Å². The predicted molar refractivity (Wildman–Crippen MR) is 80.5 cm³/mol. The molecule has 1 aromatic rings. The Morgan fingerprint density at radius 1 is 1.26 bits per heavy atom. The Morgan fingerprint density at radius 2 is 1.95 bits per heavy atom. The Kier molecular flexibility index (Phi) is 5.80. The van der Waals surface area contributed by atoms with Crippen LogP contribution < -0.4 is 10.1 Å². The molecule has 0 amide bonds. The third-order valence-electron chi connectivity index (χ3n) is 2.81. The van der Waals surface area contributed by atoms with Crippen LogP contribution in [0.1, 0.15) is 52.4 Å². The highest BCUT2D eigenvalue weighted by Gasteiger charge is 2.12. The number of nitrogens with one attached hydrogen (secondary N) is 1. The van der Waals surface area contributed by atoms with Crippen molar-refractivity contribution in [2.75, 3.05) is 6.61 Å². The van der Waals surface area contributed by atoms with Gasteiger partial charge in [0, 0.05) is 17.8 Å². The fourth-order valence-corrected chi connectivity index (χ4v) is 1.61. The van der Waals surface area contributed by atoms with Gasteiger partial charge >= 0.3 is 0 Å². The summed E-state index contributed by atoms with van der Waals surface area (Å²) in [6.07, 6.45) is 1.07.